The van der Waals surface area contributed by atoms with Gasteiger partial charge in [0.2, 0.25) is 5.91 Å². The first kappa shape index (κ1) is 12.6. The molecule has 0 atom stereocenters. The van der Waals surface area contributed by atoms with Crippen LogP contribution in [0.2, 0.25) is 0 Å². The minimum Gasteiger partial charge on any atom is -0.373 e. The maximum Gasteiger partial charge on any atom is 0.245 e. The lowest BCUT2D eigenvalue weighted by Crippen LogP contribution is -2.62. The van der Waals surface area contributed by atoms with Crippen molar-refractivity contribution in [2.45, 2.75) is 26.3 Å². The van der Waals surface area contributed by atoms with Gasteiger partial charge < -0.3 is 15.5 Å². The lowest BCUT2D eigenvalue weighted by Gasteiger charge is -2.42. The van der Waals surface area contributed by atoms with Crippen molar-refractivity contribution in [2.75, 3.05) is 30.4 Å². The molecule has 1 saturated heterocycles. The van der Waals surface area contributed by atoms with Crippen molar-refractivity contribution in [3.63, 3.8) is 0 Å². The smallest absolute Gasteiger partial charge is 0.245 e. The number of rotatable bonds is 2. The molecule has 2 heterocycles. The number of carbonyl (C=O) groups excluding carboxylic acids is 1. The lowest BCUT2D eigenvalue weighted by molar-refractivity contribution is -0.126. The van der Waals surface area contributed by atoms with Gasteiger partial charge in [-0.25, -0.2) is 9.97 Å². The highest BCUT2D eigenvalue weighted by molar-refractivity contribution is 5.90. The summed E-state index contributed by atoms with van der Waals surface area (Å²) >= 11 is 0. The third-order valence-corrected chi connectivity index (χ3v) is 3.40. The van der Waals surface area contributed by atoms with Crippen LogP contribution in [0.15, 0.2) is 6.33 Å². The molecule has 18 heavy (non-hydrogen) atoms. The second kappa shape index (κ2) is 4.44. The second-order valence-corrected chi connectivity index (χ2v) is 4.89. The summed E-state index contributed by atoms with van der Waals surface area (Å²) in [6.07, 6.45) is 1.52. The van der Waals surface area contributed by atoms with Crippen LogP contribution in [0, 0.1) is 6.92 Å². The van der Waals surface area contributed by atoms with E-state index in [1.165, 1.54) is 6.33 Å². The van der Waals surface area contributed by atoms with E-state index in [0.29, 0.717) is 6.54 Å². The molecule has 0 spiro atoms. The zero-order valence-electron chi connectivity index (χ0n) is 11.2. The lowest BCUT2D eigenvalue weighted by atomic mass is 9.98. The highest BCUT2D eigenvalue weighted by Gasteiger charge is 2.39. The van der Waals surface area contributed by atoms with Crippen LogP contribution in [0.5, 0.6) is 0 Å². The zero-order chi connectivity index (χ0) is 13.3. The number of hydrogen-bond donors (Lipinski definition) is 2. The van der Waals surface area contributed by atoms with Crippen LogP contribution in [0.25, 0.3) is 0 Å². The Kier molecular flexibility index (Phi) is 3.11. The third kappa shape index (κ3) is 1.87. The molecule has 1 aromatic heterocycles. The number of aromatic nitrogens is 2. The van der Waals surface area contributed by atoms with E-state index < -0.39 is 5.54 Å². The molecule has 1 amide bonds. The number of amides is 1. The number of anilines is 2. The predicted molar refractivity (Wildman–Crippen MR) is 70.8 cm³/mol. The van der Waals surface area contributed by atoms with Gasteiger partial charge in [-0.3, -0.25) is 4.79 Å². The SMILES string of the molecule is CNc1ncnc(N2CCNC(=O)C2(C)C)c1C. The van der Waals surface area contributed by atoms with Crippen LogP contribution in [0.4, 0.5) is 11.6 Å². The number of piperazine rings is 1. The first-order valence-corrected chi connectivity index (χ1v) is 6.03. The average molecular weight is 249 g/mol. The van der Waals surface area contributed by atoms with E-state index in [4.69, 9.17) is 0 Å². The normalized spacial score (nSPS) is 18.4. The summed E-state index contributed by atoms with van der Waals surface area (Å²) < 4.78 is 0. The van der Waals surface area contributed by atoms with Gasteiger partial charge in [-0.1, -0.05) is 0 Å². The molecule has 0 radical (unpaired) electrons. The highest BCUT2D eigenvalue weighted by Crippen LogP contribution is 2.29. The van der Waals surface area contributed by atoms with E-state index in [1.807, 2.05) is 32.7 Å². The van der Waals surface area contributed by atoms with Crippen molar-refractivity contribution < 1.29 is 4.79 Å². The Labute approximate surface area is 107 Å². The quantitative estimate of drug-likeness (QED) is 0.800. The summed E-state index contributed by atoms with van der Waals surface area (Å²) in [6.45, 7) is 7.16. The van der Waals surface area contributed by atoms with Crippen LogP contribution < -0.4 is 15.5 Å². The largest absolute Gasteiger partial charge is 0.373 e. The van der Waals surface area contributed by atoms with Gasteiger partial charge in [0.25, 0.3) is 0 Å². The molecule has 2 N–H and O–H groups in total. The second-order valence-electron chi connectivity index (χ2n) is 4.89. The topological polar surface area (TPSA) is 70.2 Å². The van der Waals surface area contributed by atoms with Crippen molar-refractivity contribution in [3.05, 3.63) is 11.9 Å². The number of carbonyl (C=O) groups is 1. The fourth-order valence-corrected chi connectivity index (χ4v) is 2.24. The van der Waals surface area contributed by atoms with Crippen LogP contribution in [-0.4, -0.2) is 41.6 Å². The molecule has 0 bridgehead atoms. The Morgan fingerprint density at radius 2 is 2.17 bits per heavy atom. The van der Waals surface area contributed by atoms with E-state index in [0.717, 1.165) is 23.7 Å². The maximum absolute atomic E-state index is 12.0. The molecule has 0 saturated carbocycles. The number of nitrogens with zero attached hydrogens (tertiary/aromatic N) is 3. The van der Waals surface area contributed by atoms with E-state index in [-0.39, 0.29) is 5.91 Å². The number of nitrogens with one attached hydrogen (secondary N) is 2. The minimum absolute atomic E-state index is 0.0257. The van der Waals surface area contributed by atoms with E-state index >= 15 is 0 Å². The Bertz CT molecular complexity index is 472. The zero-order valence-corrected chi connectivity index (χ0v) is 11.2. The van der Waals surface area contributed by atoms with Crippen molar-refractivity contribution in [1.82, 2.24) is 15.3 Å². The molecule has 2 rings (SSSR count). The fourth-order valence-electron chi connectivity index (χ4n) is 2.24. The van der Waals surface area contributed by atoms with Gasteiger partial charge in [0.15, 0.2) is 0 Å². The third-order valence-electron chi connectivity index (χ3n) is 3.40. The molecule has 0 aliphatic carbocycles. The Morgan fingerprint density at radius 3 is 2.83 bits per heavy atom. The van der Waals surface area contributed by atoms with Crippen LogP contribution in [0.3, 0.4) is 0 Å². The average Bonchev–Trinajstić information content (AvgIpc) is 2.34. The van der Waals surface area contributed by atoms with Gasteiger partial charge in [-0.2, -0.15) is 0 Å². The molecule has 6 heteroatoms. The Morgan fingerprint density at radius 1 is 1.44 bits per heavy atom. The van der Waals surface area contributed by atoms with Gasteiger partial charge in [0.1, 0.15) is 23.5 Å². The van der Waals surface area contributed by atoms with Crippen molar-refractivity contribution >= 4 is 17.5 Å². The number of hydrogen-bond acceptors (Lipinski definition) is 5. The van der Waals surface area contributed by atoms with E-state index in [1.54, 1.807) is 0 Å². The Balaban J connectivity index is 2.45. The van der Waals surface area contributed by atoms with Gasteiger partial charge in [0, 0.05) is 25.7 Å². The minimum atomic E-state index is -0.595. The van der Waals surface area contributed by atoms with E-state index in [9.17, 15) is 4.79 Å². The standard InChI is InChI=1S/C12H19N5O/c1-8-9(13-4)15-7-16-10(8)17-6-5-14-11(18)12(17,2)3/h7H,5-6H2,1-4H3,(H,14,18)(H,13,15,16). The predicted octanol–water partition coefficient (Wildman–Crippen LogP) is 0.542. The van der Waals surface area contributed by atoms with Crippen LogP contribution in [-0.2, 0) is 4.79 Å². The molecule has 1 fully saturated rings. The van der Waals surface area contributed by atoms with Crippen LogP contribution >= 0.6 is 0 Å². The fraction of sp³-hybridized carbons (Fsp3) is 0.583. The van der Waals surface area contributed by atoms with Gasteiger partial charge in [0.05, 0.1) is 0 Å². The maximum atomic E-state index is 12.0. The summed E-state index contributed by atoms with van der Waals surface area (Å²) in [7, 11) is 1.83. The molecule has 1 aliphatic heterocycles. The summed E-state index contributed by atoms with van der Waals surface area (Å²) in [6, 6.07) is 0. The van der Waals surface area contributed by atoms with E-state index in [2.05, 4.69) is 20.6 Å². The summed E-state index contributed by atoms with van der Waals surface area (Å²) in [5.41, 5.74) is 0.366. The molecular formula is C12H19N5O. The molecule has 0 unspecified atom stereocenters. The summed E-state index contributed by atoms with van der Waals surface area (Å²) in [4.78, 5) is 22.5. The van der Waals surface area contributed by atoms with Gasteiger partial charge >= 0.3 is 0 Å². The van der Waals surface area contributed by atoms with Gasteiger partial charge in [-0.05, 0) is 20.8 Å². The first-order valence-electron chi connectivity index (χ1n) is 6.03. The molecule has 1 aromatic rings. The highest BCUT2D eigenvalue weighted by atomic mass is 16.2. The van der Waals surface area contributed by atoms with Crippen molar-refractivity contribution in [3.8, 4) is 0 Å². The molecule has 98 valence electrons. The molecule has 1 aliphatic rings. The summed E-state index contributed by atoms with van der Waals surface area (Å²) in [5, 5.41) is 5.92. The molecule has 0 aromatic carbocycles. The monoisotopic (exact) mass is 249 g/mol. The van der Waals surface area contributed by atoms with Gasteiger partial charge in [-0.15, -0.1) is 0 Å². The first-order chi connectivity index (χ1) is 8.48. The molecule has 6 nitrogen and oxygen atoms in total. The van der Waals surface area contributed by atoms with Crippen molar-refractivity contribution in [1.29, 1.82) is 0 Å². The van der Waals surface area contributed by atoms with Crippen LogP contribution in [0.1, 0.15) is 19.4 Å². The Hall–Kier alpha value is -1.85. The van der Waals surface area contributed by atoms with Crippen molar-refractivity contribution in [2.24, 2.45) is 0 Å². The molecular weight excluding hydrogens is 230 g/mol. The summed E-state index contributed by atoms with van der Waals surface area (Å²) in [5.74, 6) is 1.63.